The Morgan fingerprint density at radius 1 is 1.08 bits per heavy atom. The summed E-state index contributed by atoms with van der Waals surface area (Å²) in [6.45, 7) is 0.642. The number of Topliss-reactive ketones (excluding diaryl/α,β-unsaturated/α-hetero) is 1. The van der Waals surface area contributed by atoms with Crippen LogP contribution in [0.2, 0.25) is 0 Å². The van der Waals surface area contributed by atoms with Crippen LogP contribution in [0.3, 0.4) is 0 Å². The third kappa shape index (κ3) is 6.70. The molecule has 0 bridgehead atoms. The number of ether oxygens (including phenoxy) is 2. The van der Waals surface area contributed by atoms with E-state index in [-0.39, 0.29) is 29.3 Å². The molecule has 0 saturated carbocycles. The van der Waals surface area contributed by atoms with Crippen molar-refractivity contribution in [2.24, 2.45) is 5.41 Å². The van der Waals surface area contributed by atoms with E-state index in [1.54, 1.807) is 36.4 Å². The molecule has 2 N–H and O–H groups in total. The average Bonchev–Trinajstić information content (AvgIpc) is 3.51. The van der Waals surface area contributed by atoms with Gasteiger partial charge in [0.1, 0.15) is 12.6 Å². The minimum absolute atomic E-state index is 0.0719. The Balaban J connectivity index is 1.67. The van der Waals surface area contributed by atoms with Gasteiger partial charge in [-0.25, -0.2) is 13.2 Å². The number of ketones is 1. The van der Waals surface area contributed by atoms with E-state index >= 15 is 0 Å². The van der Waals surface area contributed by atoms with Gasteiger partial charge in [0.15, 0.2) is 5.78 Å². The molecule has 0 amide bonds. The average molecular weight is 553 g/mol. The van der Waals surface area contributed by atoms with Crippen LogP contribution in [0.5, 0.6) is 0 Å². The first-order valence-corrected chi connectivity index (χ1v) is 14.3. The van der Waals surface area contributed by atoms with Crippen molar-refractivity contribution in [1.82, 2.24) is 10.0 Å². The third-order valence-electron chi connectivity index (χ3n) is 6.97. The van der Waals surface area contributed by atoms with Crippen molar-refractivity contribution in [3.05, 3.63) is 90.0 Å². The van der Waals surface area contributed by atoms with Crippen LogP contribution in [0.15, 0.2) is 83.8 Å². The van der Waals surface area contributed by atoms with E-state index in [0.717, 1.165) is 19.1 Å². The van der Waals surface area contributed by atoms with Gasteiger partial charge in [-0.2, -0.15) is 4.72 Å². The standard InChI is InChI=1S/C29H32N2O7S/c1-37-27(33)22-13-6-7-15-25(22)39(35,36)31-24(28(34)38-20-21-11-4-2-5-12-21)19-29(16-8-3-9-17-29)26(32)23-14-10-18-30-23/h2-9,11-13,15-16,23-24,30-31H,10,14,17-20H2,1H3/t23-,24-,29?/m0/s1. The third-order valence-corrected chi connectivity index (χ3v) is 8.50. The van der Waals surface area contributed by atoms with Gasteiger partial charge < -0.3 is 14.8 Å². The molecule has 206 valence electrons. The Morgan fingerprint density at radius 3 is 2.49 bits per heavy atom. The van der Waals surface area contributed by atoms with Crippen molar-refractivity contribution in [1.29, 1.82) is 0 Å². The van der Waals surface area contributed by atoms with Crippen molar-refractivity contribution in [3.63, 3.8) is 0 Å². The highest BCUT2D eigenvalue weighted by atomic mass is 32.2. The van der Waals surface area contributed by atoms with E-state index < -0.39 is 39.5 Å². The lowest BCUT2D eigenvalue weighted by Gasteiger charge is -2.35. The number of hydrogen-bond donors (Lipinski definition) is 2. The molecule has 3 atom stereocenters. The SMILES string of the molecule is COC(=O)c1ccccc1S(=O)(=O)N[C@@H](CC1(C(=O)[C@@H]2CCCN2)C=CC=CC1)C(=O)OCc1ccccc1. The summed E-state index contributed by atoms with van der Waals surface area (Å²) in [6, 6.07) is 12.8. The number of benzene rings is 2. The van der Waals surface area contributed by atoms with E-state index in [9.17, 15) is 22.8 Å². The van der Waals surface area contributed by atoms with Crippen LogP contribution >= 0.6 is 0 Å². The summed E-state index contributed by atoms with van der Waals surface area (Å²) < 4.78 is 39.9. The molecule has 1 saturated heterocycles. The van der Waals surface area contributed by atoms with Gasteiger partial charge in [-0.1, -0.05) is 66.8 Å². The van der Waals surface area contributed by atoms with Crippen LogP contribution in [0.1, 0.15) is 41.6 Å². The van der Waals surface area contributed by atoms with Crippen molar-refractivity contribution < 1.29 is 32.3 Å². The van der Waals surface area contributed by atoms with Crippen LogP contribution in [0.25, 0.3) is 0 Å². The second kappa shape index (κ2) is 12.5. The largest absolute Gasteiger partial charge is 0.465 e. The summed E-state index contributed by atoms with van der Waals surface area (Å²) in [5.74, 6) is -1.76. The van der Waals surface area contributed by atoms with Gasteiger partial charge in [-0.15, -0.1) is 0 Å². The lowest BCUT2D eigenvalue weighted by Crippen LogP contribution is -2.50. The molecule has 2 aromatic carbocycles. The topological polar surface area (TPSA) is 128 Å². The molecular weight excluding hydrogens is 520 g/mol. The molecule has 4 rings (SSSR count). The van der Waals surface area contributed by atoms with Crippen LogP contribution in [-0.4, -0.2) is 51.9 Å². The second-order valence-corrected chi connectivity index (χ2v) is 11.3. The fourth-order valence-electron chi connectivity index (χ4n) is 4.95. The molecular formula is C29H32N2O7S. The molecule has 2 aromatic rings. The predicted molar refractivity (Wildman–Crippen MR) is 144 cm³/mol. The number of methoxy groups -OCH3 is 1. The molecule has 1 aliphatic carbocycles. The van der Waals surface area contributed by atoms with Crippen LogP contribution in [0, 0.1) is 5.41 Å². The number of carbonyl (C=O) groups excluding carboxylic acids is 3. The van der Waals surface area contributed by atoms with Gasteiger partial charge in [0.05, 0.1) is 29.0 Å². The molecule has 2 aliphatic rings. The summed E-state index contributed by atoms with van der Waals surface area (Å²) in [4.78, 5) is 39.1. The lowest BCUT2D eigenvalue weighted by atomic mass is 9.71. The van der Waals surface area contributed by atoms with E-state index in [2.05, 4.69) is 10.0 Å². The Kier molecular flexibility index (Phi) is 9.11. The number of allylic oxidation sites excluding steroid dienone is 4. The van der Waals surface area contributed by atoms with E-state index in [4.69, 9.17) is 9.47 Å². The number of sulfonamides is 1. The van der Waals surface area contributed by atoms with Crippen LogP contribution in [-0.2, 0) is 35.7 Å². The Hall–Kier alpha value is -3.60. The lowest BCUT2D eigenvalue weighted by molar-refractivity contribution is -0.148. The Morgan fingerprint density at radius 2 is 1.82 bits per heavy atom. The minimum atomic E-state index is -4.42. The highest BCUT2D eigenvalue weighted by molar-refractivity contribution is 7.89. The van der Waals surface area contributed by atoms with Gasteiger partial charge >= 0.3 is 11.9 Å². The van der Waals surface area contributed by atoms with E-state index in [1.807, 2.05) is 18.2 Å². The zero-order chi connectivity index (χ0) is 27.9. The molecule has 0 radical (unpaired) electrons. The smallest absolute Gasteiger partial charge is 0.339 e. The number of rotatable bonds is 11. The monoisotopic (exact) mass is 552 g/mol. The van der Waals surface area contributed by atoms with E-state index in [1.165, 1.54) is 24.3 Å². The highest BCUT2D eigenvalue weighted by Gasteiger charge is 2.45. The maximum atomic E-state index is 13.7. The highest BCUT2D eigenvalue weighted by Crippen LogP contribution is 2.37. The normalized spacial score (nSPS) is 21.3. The summed E-state index contributed by atoms with van der Waals surface area (Å²) in [5.41, 5.74) is -0.576. The van der Waals surface area contributed by atoms with Gasteiger partial charge in [0.25, 0.3) is 0 Å². The van der Waals surface area contributed by atoms with Crippen molar-refractivity contribution in [2.45, 2.75) is 49.3 Å². The first kappa shape index (κ1) is 28.4. The molecule has 0 spiro atoms. The number of esters is 2. The number of nitrogens with one attached hydrogen (secondary N) is 2. The molecule has 0 aromatic heterocycles. The maximum absolute atomic E-state index is 13.7. The van der Waals surface area contributed by atoms with Crippen molar-refractivity contribution in [3.8, 4) is 0 Å². The van der Waals surface area contributed by atoms with Gasteiger partial charge in [0, 0.05) is 0 Å². The molecule has 9 nitrogen and oxygen atoms in total. The Bertz CT molecular complexity index is 1370. The zero-order valence-electron chi connectivity index (χ0n) is 21.7. The van der Waals surface area contributed by atoms with Gasteiger partial charge in [-0.05, 0) is 49.9 Å². The second-order valence-electron chi connectivity index (χ2n) is 9.62. The van der Waals surface area contributed by atoms with Gasteiger partial charge in [0.2, 0.25) is 10.0 Å². The molecule has 1 fully saturated rings. The maximum Gasteiger partial charge on any atom is 0.339 e. The fraction of sp³-hybridized carbons (Fsp3) is 0.345. The number of carbonyl (C=O) groups is 3. The first-order chi connectivity index (χ1) is 18.8. The summed E-state index contributed by atoms with van der Waals surface area (Å²) >= 11 is 0. The van der Waals surface area contributed by atoms with Crippen molar-refractivity contribution in [2.75, 3.05) is 13.7 Å². The summed E-state index contributed by atoms with van der Waals surface area (Å²) in [7, 11) is -3.27. The van der Waals surface area contributed by atoms with Crippen LogP contribution < -0.4 is 10.0 Å². The Labute approximate surface area is 228 Å². The van der Waals surface area contributed by atoms with E-state index in [0.29, 0.717) is 19.4 Å². The molecule has 10 heteroatoms. The molecule has 39 heavy (non-hydrogen) atoms. The zero-order valence-corrected chi connectivity index (χ0v) is 22.5. The van der Waals surface area contributed by atoms with Gasteiger partial charge in [-0.3, -0.25) is 9.59 Å². The molecule has 1 aliphatic heterocycles. The summed E-state index contributed by atoms with van der Waals surface area (Å²) in [6.07, 6.45) is 8.80. The summed E-state index contributed by atoms with van der Waals surface area (Å²) in [5, 5.41) is 3.21. The van der Waals surface area contributed by atoms with Crippen LogP contribution in [0.4, 0.5) is 0 Å². The first-order valence-electron chi connectivity index (χ1n) is 12.8. The van der Waals surface area contributed by atoms with Crippen molar-refractivity contribution >= 4 is 27.7 Å². The molecule has 1 unspecified atom stereocenters. The molecule has 1 heterocycles. The fourth-order valence-corrected chi connectivity index (χ4v) is 6.33. The predicted octanol–water partition coefficient (Wildman–Crippen LogP) is 3.08. The minimum Gasteiger partial charge on any atom is -0.465 e. The number of hydrogen-bond acceptors (Lipinski definition) is 8. The quantitative estimate of drug-likeness (QED) is 0.407.